The lowest BCUT2D eigenvalue weighted by Crippen LogP contribution is -2.74. The number of carbonyl (C=O) groups is 1. The number of aromatic hydroxyl groups is 1. The molecule has 1 saturated carbocycles. The smallest absolute Gasteiger partial charge is 0.416 e. The average molecular weight is 566 g/mol. The lowest BCUT2D eigenvalue weighted by molar-refractivity contribution is -0.960. The molecule has 2 aromatic carbocycles. The van der Waals surface area contributed by atoms with Crippen LogP contribution in [0.2, 0.25) is 0 Å². The third-order valence-electron chi connectivity index (χ3n) is 9.92. The molecule has 0 aromatic heterocycles. The third kappa shape index (κ3) is 4.41. The van der Waals surface area contributed by atoms with Gasteiger partial charge in [0.25, 0.3) is 5.91 Å². The molecule has 4 aliphatic rings. The molecule has 1 spiro atoms. The van der Waals surface area contributed by atoms with Gasteiger partial charge in [-0.15, -0.1) is 0 Å². The molecule has 2 aliphatic carbocycles. The Kier molecular flexibility index (Phi) is 6.65. The Labute approximate surface area is 239 Å². The van der Waals surface area contributed by atoms with E-state index in [1.807, 2.05) is 12.1 Å². The van der Waals surface area contributed by atoms with E-state index in [1.54, 1.807) is 6.07 Å². The molecule has 8 heteroatoms. The molecule has 1 saturated heterocycles. The first kappa shape index (κ1) is 27.7. The van der Waals surface area contributed by atoms with Crippen LogP contribution in [0.15, 0.2) is 49.1 Å². The number of halogens is 3. The third-order valence-corrected chi connectivity index (χ3v) is 9.92. The zero-order valence-corrected chi connectivity index (χ0v) is 23.4. The summed E-state index contributed by atoms with van der Waals surface area (Å²) >= 11 is 0. The molecule has 1 amide bonds. The Balaban J connectivity index is 1.30. The highest BCUT2D eigenvalue weighted by Crippen LogP contribution is 2.64. The van der Waals surface area contributed by atoms with Gasteiger partial charge in [0.15, 0.2) is 0 Å². The van der Waals surface area contributed by atoms with Gasteiger partial charge in [-0.2, -0.15) is 13.2 Å². The summed E-state index contributed by atoms with van der Waals surface area (Å²) in [4.78, 5) is 13.0. The van der Waals surface area contributed by atoms with Crippen LogP contribution in [-0.2, 0) is 22.8 Å². The first-order chi connectivity index (χ1) is 19.5. The van der Waals surface area contributed by atoms with Crippen molar-refractivity contribution in [3.05, 3.63) is 71.3 Å². The number of hydrogen-bond acceptors (Lipinski definition) is 3. The maximum Gasteiger partial charge on any atom is 0.416 e. The van der Waals surface area contributed by atoms with Gasteiger partial charge in [0.1, 0.15) is 17.6 Å². The van der Waals surface area contributed by atoms with Gasteiger partial charge in [-0.05, 0) is 55.3 Å². The summed E-state index contributed by atoms with van der Waals surface area (Å²) in [5.74, 6) is 6.76. The van der Waals surface area contributed by atoms with Gasteiger partial charge in [0.05, 0.1) is 42.7 Å². The second-order valence-electron chi connectivity index (χ2n) is 12.6. The number of nitrogens with one attached hydrogen (secondary N) is 1. The van der Waals surface area contributed by atoms with Gasteiger partial charge in [0.2, 0.25) is 0 Å². The number of piperidine rings is 1. The highest BCUT2D eigenvalue weighted by Gasteiger charge is 2.69. The SMILES string of the molecule is C=CC[N+]1(CC(C)C)CC[C@@]23c4c5ccc(O)c4C[C@@H]1[C@@H]2CC[C@@H](NC(=O)C#Cc1ccc(C(F)(F)F)cc1)[C@@H]3O5. The molecule has 6 atom stereocenters. The quantitative estimate of drug-likeness (QED) is 0.292. The van der Waals surface area contributed by atoms with Gasteiger partial charge in [-0.25, -0.2) is 0 Å². The maximum absolute atomic E-state index is 13.0. The summed E-state index contributed by atoms with van der Waals surface area (Å²) in [7, 11) is 0. The Bertz CT molecular complexity index is 1440. The van der Waals surface area contributed by atoms with E-state index in [1.165, 1.54) is 12.1 Å². The van der Waals surface area contributed by atoms with E-state index in [0.29, 0.717) is 29.2 Å². The molecule has 5 nitrogen and oxygen atoms in total. The number of phenolic OH excluding ortho intramolecular Hbond substituents is 1. The first-order valence-electron chi connectivity index (χ1n) is 14.5. The van der Waals surface area contributed by atoms with Crippen LogP contribution < -0.4 is 10.1 Å². The van der Waals surface area contributed by atoms with E-state index < -0.39 is 17.6 Å². The molecule has 2 heterocycles. The number of ether oxygens (including phenoxy) is 1. The number of phenols is 1. The lowest BCUT2D eigenvalue weighted by Gasteiger charge is -2.63. The fourth-order valence-electron chi connectivity index (χ4n) is 8.64. The number of carbonyl (C=O) groups excluding carboxylic acids is 1. The summed E-state index contributed by atoms with van der Waals surface area (Å²) in [5.41, 5.74) is 1.39. The number of benzene rings is 2. The van der Waals surface area contributed by atoms with Crippen LogP contribution in [0.25, 0.3) is 0 Å². The van der Waals surface area contributed by atoms with Crippen molar-refractivity contribution in [2.24, 2.45) is 11.8 Å². The van der Waals surface area contributed by atoms with E-state index in [2.05, 4.69) is 37.6 Å². The van der Waals surface area contributed by atoms with Gasteiger partial charge in [-0.1, -0.05) is 26.3 Å². The molecule has 216 valence electrons. The molecule has 2 aromatic rings. The van der Waals surface area contributed by atoms with Crippen molar-refractivity contribution in [3.8, 4) is 23.3 Å². The Hall–Kier alpha value is -3.44. The molecular formula is C33H36F3N2O3+. The van der Waals surface area contributed by atoms with E-state index >= 15 is 0 Å². The fraction of sp³-hybridized carbons (Fsp3) is 0.485. The van der Waals surface area contributed by atoms with Gasteiger partial charge in [0, 0.05) is 47.3 Å². The molecule has 2 bridgehead atoms. The Morgan fingerprint density at radius 1 is 1.24 bits per heavy atom. The van der Waals surface area contributed by atoms with Crippen LogP contribution in [0.4, 0.5) is 13.2 Å². The highest BCUT2D eigenvalue weighted by atomic mass is 19.4. The molecule has 6 rings (SSSR count). The number of likely N-dealkylation sites (tertiary alicyclic amines) is 1. The molecule has 41 heavy (non-hydrogen) atoms. The fourth-order valence-corrected chi connectivity index (χ4v) is 8.64. The number of rotatable bonds is 5. The van der Waals surface area contributed by atoms with Crippen molar-refractivity contribution in [2.45, 2.75) is 69.3 Å². The minimum atomic E-state index is -4.42. The summed E-state index contributed by atoms with van der Waals surface area (Å²) in [6.45, 7) is 11.5. The molecular weight excluding hydrogens is 529 g/mol. The van der Waals surface area contributed by atoms with Gasteiger partial charge >= 0.3 is 6.18 Å². The van der Waals surface area contributed by atoms with E-state index in [4.69, 9.17) is 4.74 Å². The molecule has 2 N–H and O–H groups in total. The largest absolute Gasteiger partial charge is 0.508 e. The monoisotopic (exact) mass is 565 g/mol. The highest BCUT2D eigenvalue weighted by molar-refractivity contribution is 5.94. The van der Waals surface area contributed by atoms with Crippen molar-refractivity contribution in [1.29, 1.82) is 0 Å². The van der Waals surface area contributed by atoms with Crippen molar-refractivity contribution < 1.29 is 32.3 Å². The summed E-state index contributed by atoms with van der Waals surface area (Å²) in [6, 6.07) is 8.10. The van der Waals surface area contributed by atoms with Crippen LogP contribution in [0.1, 0.15) is 55.4 Å². The van der Waals surface area contributed by atoms with Crippen LogP contribution in [-0.4, -0.2) is 53.3 Å². The molecule has 2 aliphatic heterocycles. The standard InChI is InChI=1S/C33H35F3N2O3/c1-4-16-38(19-20(2)3)17-15-32-24-10-11-25(31(32)41-28-13-12-27(39)23(30(28)32)18-26(24)38)37-29(40)14-7-21-5-8-22(9-6-21)33(34,35)36/h4-6,8-9,12-13,20,24-26,31H,1,10-11,15-19H2,2-3H3,(H-,37,39,40)/p+1/t24-,25+,26+,31-,32-,38?/m0/s1. The van der Waals surface area contributed by atoms with Crippen molar-refractivity contribution in [3.63, 3.8) is 0 Å². The number of alkyl halides is 3. The topological polar surface area (TPSA) is 58.6 Å². The minimum Gasteiger partial charge on any atom is -0.508 e. The average Bonchev–Trinajstić information content (AvgIpc) is 3.25. The number of hydrogen-bond donors (Lipinski definition) is 2. The predicted molar refractivity (Wildman–Crippen MR) is 149 cm³/mol. The second-order valence-corrected chi connectivity index (χ2v) is 12.6. The van der Waals surface area contributed by atoms with Crippen LogP contribution in [0, 0.1) is 23.7 Å². The van der Waals surface area contributed by atoms with Gasteiger partial charge < -0.3 is 19.6 Å². The molecule has 1 unspecified atom stereocenters. The maximum atomic E-state index is 13.0. The van der Waals surface area contributed by atoms with Gasteiger partial charge in [-0.3, -0.25) is 4.79 Å². The van der Waals surface area contributed by atoms with E-state index in [0.717, 1.165) is 78.8 Å². The minimum absolute atomic E-state index is 0.272. The number of nitrogens with zero attached hydrogens (tertiary/aromatic N) is 1. The normalized spacial score (nSPS) is 31.0. The second kappa shape index (κ2) is 9.84. The van der Waals surface area contributed by atoms with Crippen LogP contribution in [0.5, 0.6) is 11.5 Å². The number of quaternary nitrogens is 1. The predicted octanol–water partition coefficient (Wildman–Crippen LogP) is 5.34. The Morgan fingerprint density at radius 2 is 2.00 bits per heavy atom. The van der Waals surface area contributed by atoms with E-state index in [-0.39, 0.29) is 17.6 Å². The first-order valence-corrected chi connectivity index (χ1v) is 14.5. The molecule has 2 fully saturated rings. The summed E-state index contributed by atoms with van der Waals surface area (Å²) in [5, 5.41) is 14.1. The summed E-state index contributed by atoms with van der Waals surface area (Å²) in [6.07, 6.45) is 0.697. The zero-order chi connectivity index (χ0) is 29.2. The van der Waals surface area contributed by atoms with Crippen LogP contribution >= 0.6 is 0 Å². The van der Waals surface area contributed by atoms with E-state index in [9.17, 15) is 23.1 Å². The summed E-state index contributed by atoms with van der Waals surface area (Å²) < 4.78 is 46.2. The lowest BCUT2D eigenvalue weighted by atomic mass is 9.50. The number of amides is 1. The van der Waals surface area contributed by atoms with Crippen molar-refractivity contribution in [1.82, 2.24) is 5.32 Å². The Morgan fingerprint density at radius 3 is 2.68 bits per heavy atom. The van der Waals surface area contributed by atoms with Crippen molar-refractivity contribution in [2.75, 3.05) is 19.6 Å². The zero-order valence-electron chi connectivity index (χ0n) is 23.4. The van der Waals surface area contributed by atoms with Crippen molar-refractivity contribution >= 4 is 5.91 Å². The molecule has 0 radical (unpaired) electrons. The van der Waals surface area contributed by atoms with Crippen LogP contribution in [0.3, 0.4) is 0 Å².